The van der Waals surface area contributed by atoms with Crippen LogP contribution in [0.3, 0.4) is 0 Å². The quantitative estimate of drug-likeness (QED) is 0.479. The number of alkyl halides is 1. The maximum absolute atomic E-state index is 5.44. The van der Waals surface area contributed by atoms with Crippen LogP contribution in [0.4, 0.5) is 0 Å². The van der Waals surface area contributed by atoms with Gasteiger partial charge in [0.05, 0.1) is 0 Å². The second-order valence-electron chi connectivity index (χ2n) is 1.55. The predicted octanol–water partition coefficient (Wildman–Crippen LogP) is 3.30. The molecule has 0 aromatic carbocycles. The standard InChI is InChI=1S/C6H10BrCl/c7-5-3-1-2-4-6-8/h3,5H,1-2,4,6H2/b5-3+. The topological polar surface area (TPSA) is 0 Å². The molecule has 0 bridgehead atoms. The normalized spacial score (nSPS) is 10.8. The summed E-state index contributed by atoms with van der Waals surface area (Å²) in [4.78, 5) is 1.89. The summed E-state index contributed by atoms with van der Waals surface area (Å²) in [5, 5.41) is 0. The van der Waals surface area contributed by atoms with Crippen LogP contribution in [-0.4, -0.2) is 5.88 Å². The Morgan fingerprint density at radius 3 is 2.62 bits per heavy atom. The van der Waals surface area contributed by atoms with Crippen LogP contribution in [-0.2, 0) is 0 Å². The van der Waals surface area contributed by atoms with Crippen molar-refractivity contribution in [3.63, 3.8) is 0 Å². The summed E-state index contributed by atoms with van der Waals surface area (Å²) in [5.74, 6) is 0.788. The zero-order valence-electron chi connectivity index (χ0n) is 4.74. The highest BCUT2D eigenvalue weighted by atomic mass is 79.9. The molecule has 0 atom stereocenters. The third kappa shape index (κ3) is 6.51. The second-order valence-corrected chi connectivity index (χ2v) is 2.45. The van der Waals surface area contributed by atoms with Crippen molar-refractivity contribution in [1.82, 2.24) is 0 Å². The average Bonchev–Trinajstić information content (AvgIpc) is 1.81. The fourth-order valence-electron chi connectivity index (χ4n) is 0.420. The van der Waals surface area contributed by atoms with E-state index in [0.29, 0.717) is 0 Å². The molecule has 48 valence electrons. The van der Waals surface area contributed by atoms with E-state index in [2.05, 4.69) is 22.0 Å². The van der Waals surface area contributed by atoms with Gasteiger partial charge in [-0.1, -0.05) is 22.0 Å². The second kappa shape index (κ2) is 7.51. The summed E-state index contributed by atoms with van der Waals surface area (Å²) in [6.07, 6.45) is 5.55. The lowest BCUT2D eigenvalue weighted by molar-refractivity contribution is 0.821. The highest BCUT2D eigenvalue weighted by molar-refractivity contribution is 9.11. The van der Waals surface area contributed by atoms with E-state index in [1.807, 2.05) is 4.99 Å². The molecule has 0 saturated carbocycles. The van der Waals surface area contributed by atoms with Crippen LogP contribution in [0.1, 0.15) is 19.3 Å². The number of unbranched alkanes of at least 4 members (excludes halogenated alkanes) is 2. The van der Waals surface area contributed by atoms with E-state index < -0.39 is 0 Å². The molecule has 0 fully saturated rings. The van der Waals surface area contributed by atoms with Crippen molar-refractivity contribution in [1.29, 1.82) is 0 Å². The lowest BCUT2D eigenvalue weighted by Crippen LogP contribution is -1.72. The van der Waals surface area contributed by atoms with Crippen molar-refractivity contribution >= 4 is 27.5 Å². The molecule has 8 heavy (non-hydrogen) atoms. The van der Waals surface area contributed by atoms with E-state index in [4.69, 9.17) is 11.6 Å². The van der Waals surface area contributed by atoms with Crippen LogP contribution in [0.15, 0.2) is 11.1 Å². The number of hydrogen-bond donors (Lipinski definition) is 0. The molecular formula is C6H10BrCl. The Morgan fingerprint density at radius 2 is 2.12 bits per heavy atom. The fraction of sp³-hybridized carbons (Fsp3) is 0.667. The Hall–Kier alpha value is 0.510. The van der Waals surface area contributed by atoms with Crippen LogP contribution in [0, 0.1) is 0 Å². The first-order valence-electron chi connectivity index (χ1n) is 2.73. The summed E-state index contributed by atoms with van der Waals surface area (Å²) in [5.41, 5.74) is 0. The van der Waals surface area contributed by atoms with E-state index in [1.54, 1.807) is 0 Å². The van der Waals surface area contributed by atoms with Gasteiger partial charge in [0.2, 0.25) is 0 Å². The third-order valence-electron chi connectivity index (χ3n) is 0.844. The molecule has 0 spiro atoms. The Balaban J connectivity index is 2.72. The first-order valence-corrected chi connectivity index (χ1v) is 4.18. The molecule has 2 heteroatoms. The smallest absolute Gasteiger partial charge is 0.0223 e. The number of hydrogen-bond acceptors (Lipinski definition) is 0. The summed E-state index contributed by atoms with van der Waals surface area (Å²) < 4.78 is 0. The summed E-state index contributed by atoms with van der Waals surface area (Å²) in [6, 6.07) is 0. The fourth-order valence-corrected chi connectivity index (χ4v) is 0.873. The van der Waals surface area contributed by atoms with Gasteiger partial charge in [-0.2, -0.15) is 0 Å². The predicted molar refractivity (Wildman–Crippen MR) is 42.6 cm³/mol. The zero-order chi connectivity index (χ0) is 6.24. The maximum Gasteiger partial charge on any atom is 0.0223 e. The highest BCUT2D eigenvalue weighted by Crippen LogP contribution is 1.98. The molecule has 0 radical (unpaired) electrons. The minimum Gasteiger partial charge on any atom is -0.127 e. The molecule has 0 aliphatic carbocycles. The van der Waals surface area contributed by atoms with E-state index >= 15 is 0 Å². The number of allylic oxidation sites excluding steroid dienone is 1. The van der Waals surface area contributed by atoms with Crippen molar-refractivity contribution < 1.29 is 0 Å². The Bertz CT molecular complexity index is 61.5. The van der Waals surface area contributed by atoms with Crippen LogP contribution in [0.2, 0.25) is 0 Å². The Morgan fingerprint density at radius 1 is 1.38 bits per heavy atom. The average molecular weight is 198 g/mol. The Labute approximate surface area is 64.0 Å². The minimum absolute atomic E-state index is 0.788. The van der Waals surface area contributed by atoms with E-state index in [-0.39, 0.29) is 0 Å². The van der Waals surface area contributed by atoms with Crippen molar-refractivity contribution in [3.8, 4) is 0 Å². The Kier molecular flexibility index (Phi) is 7.99. The van der Waals surface area contributed by atoms with Gasteiger partial charge in [-0.15, -0.1) is 11.6 Å². The van der Waals surface area contributed by atoms with Crippen molar-refractivity contribution in [2.45, 2.75) is 19.3 Å². The lowest BCUT2D eigenvalue weighted by Gasteiger charge is -1.87. The first-order chi connectivity index (χ1) is 3.91. The third-order valence-corrected chi connectivity index (χ3v) is 1.48. The molecule has 0 aromatic rings. The zero-order valence-corrected chi connectivity index (χ0v) is 7.08. The lowest BCUT2D eigenvalue weighted by atomic mass is 10.2. The summed E-state index contributed by atoms with van der Waals surface area (Å²) in [7, 11) is 0. The van der Waals surface area contributed by atoms with E-state index in [1.165, 1.54) is 6.42 Å². The number of rotatable bonds is 4. The molecule has 0 nitrogen and oxygen atoms in total. The van der Waals surface area contributed by atoms with Crippen LogP contribution in [0.5, 0.6) is 0 Å². The van der Waals surface area contributed by atoms with Crippen molar-refractivity contribution in [2.24, 2.45) is 0 Å². The van der Waals surface area contributed by atoms with E-state index in [0.717, 1.165) is 18.7 Å². The van der Waals surface area contributed by atoms with Gasteiger partial charge >= 0.3 is 0 Å². The summed E-state index contributed by atoms with van der Waals surface area (Å²) in [6.45, 7) is 0. The minimum atomic E-state index is 0.788. The monoisotopic (exact) mass is 196 g/mol. The first kappa shape index (κ1) is 8.51. The molecule has 0 saturated heterocycles. The molecule has 0 rings (SSSR count). The van der Waals surface area contributed by atoms with Gasteiger partial charge in [-0.3, -0.25) is 0 Å². The van der Waals surface area contributed by atoms with Gasteiger partial charge in [0.15, 0.2) is 0 Å². The van der Waals surface area contributed by atoms with Gasteiger partial charge in [0, 0.05) is 5.88 Å². The molecule has 0 unspecified atom stereocenters. The van der Waals surface area contributed by atoms with Gasteiger partial charge in [0.1, 0.15) is 0 Å². The molecule has 0 aliphatic heterocycles. The molecule has 0 amide bonds. The van der Waals surface area contributed by atoms with Crippen LogP contribution in [0.25, 0.3) is 0 Å². The molecule has 0 aliphatic rings. The van der Waals surface area contributed by atoms with Crippen LogP contribution < -0.4 is 0 Å². The number of halogens is 2. The maximum atomic E-state index is 5.44. The highest BCUT2D eigenvalue weighted by Gasteiger charge is 1.80. The van der Waals surface area contributed by atoms with Gasteiger partial charge in [-0.05, 0) is 24.2 Å². The van der Waals surface area contributed by atoms with Crippen LogP contribution >= 0.6 is 27.5 Å². The van der Waals surface area contributed by atoms with Crippen molar-refractivity contribution in [3.05, 3.63) is 11.1 Å². The largest absolute Gasteiger partial charge is 0.127 e. The van der Waals surface area contributed by atoms with Crippen molar-refractivity contribution in [2.75, 3.05) is 5.88 Å². The van der Waals surface area contributed by atoms with E-state index in [9.17, 15) is 0 Å². The van der Waals surface area contributed by atoms with Gasteiger partial charge in [0.25, 0.3) is 0 Å². The summed E-state index contributed by atoms with van der Waals surface area (Å²) >= 11 is 8.63. The molecule has 0 N–H and O–H groups in total. The SMILES string of the molecule is ClCCCC/C=C/Br. The van der Waals surface area contributed by atoms with Gasteiger partial charge < -0.3 is 0 Å². The molecular weight excluding hydrogens is 187 g/mol. The van der Waals surface area contributed by atoms with Gasteiger partial charge in [-0.25, -0.2) is 0 Å². The molecule has 0 aromatic heterocycles. The molecule has 0 heterocycles.